The number of aliphatic carboxylic acids is 1. The predicted octanol–water partition coefficient (Wildman–Crippen LogP) is -0.833. The van der Waals surface area contributed by atoms with Crippen LogP contribution in [0.25, 0.3) is 0 Å². The van der Waals surface area contributed by atoms with Crippen molar-refractivity contribution in [2.75, 3.05) is 39.6 Å². The first kappa shape index (κ1) is 30.2. The molecule has 14 nitrogen and oxygen atoms in total. The van der Waals surface area contributed by atoms with E-state index in [-0.39, 0.29) is 46.1 Å². The number of hydrogen-bond acceptors (Lipinski definition) is 12. The number of esters is 3. The molecule has 1 saturated heterocycles. The van der Waals surface area contributed by atoms with Gasteiger partial charge in [-0.1, -0.05) is 0 Å². The summed E-state index contributed by atoms with van der Waals surface area (Å²) in [6, 6.07) is -1.06. The number of carbonyl (C=O) groups is 5. The maximum Gasteiger partial charge on any atom is 0.305 e. The highest BCUT2D eigenvalue weighted by atomic mass is 16.7. The van der Waals surface area contributed by atoms with Gasteiger partial charge in [-0.15, -0.1) is 0 Å². The van der Waals surface area contributed by atoms with E-state index in [0.29, 0.717) is 0 Å². The van der Waals surface area contributed by atoms with Crippen molar-refractivity contribution in [3.8, 4) is 0 Å². The van der Waals surface area contributed by atoms with Crippen molar-refractivity contribution in [3.63, 3.8) is 0 Å². The molecule has 14 heteroatoms. The first-order valence-electron chi connectivity index (χ1n) is 10.9. The number of ether oxygens (including phenoxy) is 7. The van der Waals surface area contributed by atoms with Gasteiger partial charge in [0.15, 0.2) is 18.5 Å². The van der Waals surface area contributed by atoms with E-state index in [9.17, 15) is 24.0 Å². The molecule has 0 saturated carbocycles. The van der Waals surface area contributed by atoms with Gasteiger partial charge >= 0.3 is 23.9 Å². The summed E-state index contributed by atoms with van der Waals surface area (Å²) in [7, 11) is 0. The Labute approximate surface area is 202 Å². The van der Waals surface area contributed by atoms with Crippen LogP contribution in [0, 0.1) is 0 Å². The molecule has 0 aliphatic carbocycles. The van der Waals surface area contributed by atoms with E-state index in [4.69, 9.17) is 38.3 Å². The molecule has 5 atom stereocenters. The fraction of sp³-hybridized carbons (Fsp3) is 0.762. The number of nitrogens with one attached hydrogen (secondary N) is 1. The fourth-order valence-corrected chi connectivity index (χ4v) is 3.14. The Balaban J connectivity index is 2.85. The monoisotopic (exact) mass is 507 g/mol. The number of hydrogen-bond donors (Lipinski definition) is 2. The van der Waals surface area contributed by atoms with Crippen LogP contribution in [-0.2, 0) is 57.1 Å². The molecule has 1 heterocycles. The number of carbonyl (C=O) groups excluding carboxylic acids is 4. The summed E-state index contributed by atoms with van der Waals surface area (Å²) in [4.78, 5) is 57.1. The lowest BCUT2D eigenvalue weighted by molar-refractivity contribution is -0.279. The van der Waals surface area contributed by atoms with E-state index in [2.05, 4.69) is 5.32 Å². The maximum atomic E-state index is 11.8. The molecule has 0 radical (unpaired) electrons. The van der Waals surface area contributed by atoms with Crippen LogP contribution in [0.1, 0.15) is 34.1 Å². The Bertz CT molecular complexity index is 728. The molecular formula is C21H33NO13. The van der Waals surface area contributed by atoms with Crippen LogP contribution in [0.3, 0.4) is 0 Å². The van der Waals surface area contributed by atoms with Crippen molar-refractivity contribution >= 4 is 29.8 Å². The molecule has 200 valence electrons. The minimum Gasteiger partial charge on any atom is -0.481 e. The standard InChI is InChI=1S/C21H33NO13/c1-12(23)22-18-20(34-15(4)26)19(33-14(3)25)16(11-32-13(2)24)35-21(18)31-10-9-30-8-7-29-6-5-17(27)28/h16,18-21H,5-11H2,1-4H3,(H,22,23)(H,27,28)/t16?,18?,19-,20+,21+/m0/s1. The summed E-state index contributed by atoms with van der Waals surface area (Å²) in [6.45, 7) is 4.90. The van der Waals surface area contributed by atoms with E-state index in [1.54, 1.807) is 0 Å². The van der Waals surface area contributed by atoms with Crippen LogP contribution in [0.5, 0.6) is 0 Å². The van der Waals surface area contributed by atoms with Gasteiger partial charge in [0.2, 0.25) is 5.91 Å². The third-order valence-corrected chi connectivity index (χ3v) is 4.41. The SMILES string of the molecule is CC(=O)NC1[C@H](OCCOCCOCCC(=O)O)OC(COC(C)=O)[C@H](OC(C)=O)[C@@H]1OC(C)=O. The molecule has 35 heavy (non-hydrogen) atoms. The van der Waals surface area contributed by atoms with Crippen LogP contribution in [0.4, 0.5) is 0 Å². The van der Waals surface area contributed by atoms with Crippen molar-refractivity contribution in [2.24, 2.45) is 0 Å². The van der Waals surface area contributed by atoms with E-state index >= 15 is 0 Å². The van der Waals surface area contributed by atoms with Gasteiger partial charge in [-0.25, -0.2) is 0 Å². The number of amides is 1. The van der Waals surface area contributed by atoms with Crippen LogP contribution in [0.2, 0.25) is 0 Å². The third kappa shape index (κ3) is 12.5. The second kappa shape index (κ2) is 16.0. The molecule has 0 aromatic heterocycles. The van der Waals surface area contributed by atoms with Gasteiger partial charge in [-0.05, 0) is 0 Å². The molecule has 1 rings (SSSR count). The lowest BCUT2D eigenvalue weighted by Crippen LogP contribution is -2.66. The molecule has 1 aliphatic heterocycles. The zero-order valence-corrected chi connectivity index (χ0v) is 20.2. The lowest BCUT2D eigenvalue weighted by Gasteiger charge is -2.44. The Hall–Kier alpha value is -2.81. The van der Waals surface area contributed by atoms with Crippen LogP contribution >= 0.6 is 0 Å². The Kier molecular flexibility index (Phi) is 13.8. The Morgan fingerprint density at radius 1 is 0.800 bits per heavy atom. The summed E-state index contributed by atoms with van der Waals surface area (Å²) in [5, 5.41) is 11.1. The van der Waals surface area contributed by atoms with Gasteiger partial charge in [-0.3, -0.25) is 24.0 Å². The third-order valence-electron chi connectivity index (χ3n) is 4.41. The molecule has 0 spiro atoms. The molecule has 0 aromatic rings. The average molecular weight is 507 g/mol. The lowest BCUT2D eigenvalue weighted by atomic mass is 9.96. The molecule has 0 aromatic carbocycles. The van der Waals surface area contributed by atoms with Gasteiger partial charge in [0, 0.05) is 27.7 Å². The summed E-state index contributed by atoms with van der Waals surface area (Å²) >= 11 is 0. The second-order valence-corrected chi connectivity index (χ2v) is 7.46. The smallest absolute Gasteiger partial charge is 0.305 e. The van der Waals surface area contributed by atoms with Crippen LogP contribution in [-0.4, -0.2) is 105 Å². The number of carboxylic acids is 1. The highest BCUT2D eigenvalue weighted by Gasteiger charge is 2.51. The summed E-state index contributed by atoms with van der Waals surface area (Å²) in [5.74, 6) is -3.47. The summed E-state index contributed by atoms with van der Waals surface area (Å²) < 4.78 is 37.7. The van der Waals surface area contributed by atoms with Crippen LogP contribution in [0.15, 0.2) is 0 Å². The van der Waals surface area contributed by atoms with Crippen LogP contribution < -0.4 is 5.32 Å². The molecule has 0 bridgehead atoms. The zero-order chi connectivity index (χ0) is 26.4. The van der Waals surface area contributed by atoms with E-state index < -0.39 is 60.4 Å². The highest BCUT2D eigenvalue weighted by Crippen LogP contribution is 2.28. The molecule has 1 fully saturated rings. The van der Waals surface area contributed by atoms with Crippen molar-refractivity contribution in [2.45, 2.75) is 64.8 Å². The van der Waals surface area contributed by atoms with Gasteiger partial charge in [0.25, 0.3) is 0 Å². The fourth-order valence-electron chi connectivity index (χ4n) is 3.14. The number of carboxylic acid groups (broad SMARTS) is 1. The molecule has 2 N–H and O–H groups in total. The highest BCUT2D eigenvalue weighted by molar-refractivity contribution is 5.73. The van der Waals surface area contributed by atoms with Crippen molar-refractivity contribution < 1.29 is 62.2 Å². The van der Waals surface area contributed by atoms with Crippen molar-refractivity contribution in [1.82, 2.24) is 5.32 Å². The molecule has 1 amide bonds. The number of rotatable bonds is 15. The van der Waals surface area contributed by atoms with Gasteiger partial charge in [0.1, 0.15) is 18.8 Å². The second-order valence-electron chi connectivity index (χ2n) is 7.46. The van der Waals surface area contributed by atoms with Gasteiger partial charge in [-0.2, -0.15) is 0 Å². The normalized spacial score (nSPS) is 23.7. The maximum absolute atomic E-state index is 11.8. The quantitative estimate of drug-likeness (QED) is 0.159. The average Bonchev–Trinajstić information content (AvgIpc) is 2.73. The topological polar surface area (TPSA) is 182 Å². The Morgan fingerprint density at radius 2 is 1.37 bits per heavy atom. The molecule has 1 aliphatic rings. The van der Waals surface area contributed by atoms with Gasteiger partial charge < -0.3 is 43.6 Å². The summed E-state index contributed by atoms with van der Waals surface area (Å²) in [6.07, 6.45) is -4.76. The predicted molar refractivity (Wildman–Crippen MR) is 114 cm³/mol. The van der Waals surface area contributed by atoms with Crippen molar-refractivity contribution in [1.29, 1.82) is 0 Å². The van der Waals surface area contributed by atoms with Crippen molar-refractivity contribution in [3.05, 3.63) is 0 Å². The first-order chi connectivity index (χ1) is 16.5. The minimum atomic E-state index is -1.21. The van der Waals surface area contributed by atoms with E-state index in [1.165, 1.54) is 13.8 Å². The first-order valence-corrected chi connectivity index (χ1v) is 10.9. The summed E-state index contributed by atoms with van der Waals surface area (Å²) in [5.41, 5.74) is 0. The zero-order valence-electron chi connectivity index (χ0n) is 20.2. The minimum absolute atomic E-state index is 0.0127. The molecule has 2 unspecified atom stereocenters. The molecular weight excluding hydrogens is 474 g/mol. The largest absolute Gasteiger partial charge is 0.481 e. The van der Waals surface area contributed by atoms with Gasteiger partial charge in [0.05, 0.1) is 39.5 Å². The Morgan fingerprint density at radius 3 is 1.91 bits per heavy atom. The van der Waals surface area contributed by atoms with E-state index in [0.717, 1.165) is 13.8 Å². The van der Waals surface area contributed by atoms with E-state index in [1.807, 2.05) is 0 Å².